The molecule has 0 aliphatic rings. The van der Waals surface area contributed by atoms with Gasteiger partial charge < -0.3 is 10.3 Å². The molecule has 0 saturated heterocycles. The highest BCUT2D eigenvalue weighted by Gasteiger charge is 2.04. The van der Waals surface area contributed by atoms with Crippen molar-refractivity contribution < 1.29 is 4.39 Å². The Labute approximate surface area is 86.6 Å². The van der Waals surface area contributed by atoms with E-state index >= 15 is 0 Å². The molecule has 0 unspecified atom stereocenters. The molecule has 78 valence electrons. The Morgan fingerprint density at radius 2 is 2.20 bits per heavy atom. The summed E-state index contributed by atoms with van der Waals surface area (Å²) < 4.78 is 12.6. The summed E-state index contributed by atoms with van der Waals surface area (Å²) in [5.74, 6) is 0.306. The molecule has 2 rings (SSSR count). The number of imidazole rings is 1. The van der Waals surface area contributed by atoms with E-state index in [0.717, 1.165) is 5.69 Å². The molecule has 15 heavy (non-hydrogen) atoms. The van der Waals surface area contributed by atoms with E-state index in [1.54, 1.807) is 12.3 Å². The molecule has 2 heterocycles. The SMILES string of the molecule is CNCc1cnc(-c2ccc(F)cn2)[nH]1. The summed E-state index contributed by atoms with van der Waals surface area (Å²) in [7, 11) is 1.86. The predicted molar refractivity (Wildman–Crippen MR) is 54.5 cm³/mol. The van der Waals surface area contributed by atoms with Gasteiger partial charge in [0.25, 0.3) is 0 Å². The number of rotatable bonds is 3. The molecule has 0 aliphatic carbocycles. The number of aromatic amines is 1. The zero-order valence-corrected chi connectivity index (χ0v) is 8.29. The maximum absolute atomic E-state index is 12.6. The second-order valence-electron chi connectivity index (χ2n) is 3.15. The second kappa shape index (κ2) is 4.18. The Morgan fingerprint density at radius 1 is 1.33 bits per heavy atom. The Hall–Kier alpha value is -1.75. The van der Waals surface area contributed by atoms with Crippen LogP contribution in [0.3, 0.4) is 0 Å². The molecule has 0 saturated carbocycles. The number of hydrogen-bond acceptors (Lipinski definition) is 3. The summed E-state index contributed by atoms with van der Waals surface area (Å²) in [6.45, 7) is 0.716. The zero-order valence-electron chi connectivity index (χ0n) is 8.29. The highest BCUT2D eigenvalue weighted by atomic mass is 19.1. The highest BCUT2D eigenvalue weighted by Crippen LogP contribution is 2.12. The van der Waals surface area contributed by atoms with Crippen LogP contribution < -0.4 is 5.32 Å². The number of nitrogens with zero attached hydrogens (tertiary/aromatic N) is 2. The number of halogens is 1. The van der Waals surface area contributed by atoms with Crippen molar-refractivity contribution in [3.05, 3.63) is 36.0 Å². The Balaban J connectivity index is 2.25. The minimum atomic E-state index is -0.347. The summed E-state index contributed by atoms with van der Waals surface area (Å²) in [4.78, 5) is 11.2. The Morgan fingerprint density at radius 3 is 2.87 bits per heavy atom. The molecule has 0 bridgehead atoms. The lowest BCUT2D eigenvalue weighted by atomic mass is 10.3. The first-order chi connectivity index (χ1) is 7.29. The predicted octanol–water partition coefficient (Wildman–Crippen LogP) is 1.33. The van der Waals surface area contributed by atoms with Crippen LogP contribution in [-0.4, -0.2) is 22.0 Å². The molecule has 0 fully saturated rings. The number of aromatic nitrogens is 3. The average molecular weight is 206 g/mol. The van der Waals surface area contributed by atoms with Gasteiger partial charge in [0.05, 0.1) is 12.4 Å². The van der Waals surface area contributed by atoms with Crippen molar-refractivity contribution in [2.75, 3.05) is 7.05 Å². The number of nitrogens with one attached hydrogen (secondary N) is 2. The van der Waals surface area contributed by atoms with E-state index in [1.165, 1.54) is 12.3 Å². The minimum absolute atomic E-state index is 0.347. The fraction of sp³-hybridized carbons (Fsp3) is 0.200. The third-order valence-electron chi connectivity index (χ3n) is 1.97. The average Bonchev–Trinajstić information content (AvgIpc) is 2.68. The van der Waals surface area contributed by atoms with Gasteiger partial charge in [-0.2, -0.15) is 0 Å². The minimum Gasteiger partial charge on any atom is -0.339 e. The third-order valence-corrected chi connectivity index (χ3v) is 1.97. The van der Waals surface area contributed by atoms with Crippen molar-refractivity contribution in [3.8, 4) is 11.5 Å². The van der Waals surface area contributed by atoms with Gasteiger partial charge in [-0.05, 0) is 19.2 Å². The fourth-order valence-corrected chi connectivity index (χ4v) is 1.29. The van der Waals surface area contributed by atoms with Crippen molar-refractivity contribution >= 4 is 0 Å². The van der Waals surface area contributed by atoms with Crippen LogP contribution in [0.15, 0.2) is 24.5 Å². The van der Waals surface area contributed by atoms with Crippen LogP contribution in [-0.2, 0) is 6.54 Å². The van der Waals surface area contributed by atoms with Crippen LogP contribution in [0.4, 0.5) is 4.39 Å². The molecule has 2 N–H and O–H groups in total. The first kappa shape index (κ1) is 9.79. The molecular formula is C10H11FN4. The summed E-state index contributed by atoms with van der Waals surface area (Å²) in [5, 5.41) is 3.01. The topological polar surface area (TPSA) is 53.6 Å². The van der Waals surface area contributed by atoms with Gasteiger partial charge in [0.2, 0.25) is 0 Å². The monoisotopic (exact) mass is 206 g/mol. The number of hydrogen-bond donors (Lipinski definition) is 2. The van der Waals surface area contributed by atoms with Crippen molar-refractivity contribution in [1.29, 1.82) is 0 Å². The van der Waals surface area contributed by atoms with Crippen LogP contribution in [0.1, 0.15) is 5.69 Å². The van der Waals surface area contributed by atoms with Gasteiger partial charge in [-0.15, -0.1) is 0 Å². The summed E-state index contributed by atoms with van der Waals surface area (Å²) in [5.41, 5.74) is 1.61. The van der Waals surface area contributed by atoms with Crippen molar-refractivity contribution in [2.24, 2.45) is 0 Å². The van der Waals surface area contributed by atoms with E-state index < -0.39 is 0 Å². The third kappa shape index (κ3) is 2.19. The van der Waals surface area contributed by atoms with Crippen LogP contribution >= 0.6 is 0 Å². The smallest absolute Gasteiger partial charge is 0.156 e. The molecule has 2 aromatic heterocycles. The summed E-state index contributed by atoms with van der Waals surface area (Å²) in [6.07, 6.45) is 2.91. The van der Waals surface area contributed by atoms with E-state index in [9.17, 15) is 4.39 Å². The van der Waals surface area contributed by atoms with Gasteiger partial charge in [-0.1, -0.05) is 0 Å². The summed E-state index contributed by atoms with van der Waals surface area (Å²) in [6, 6.07) is 2.96. The van der Waals surface area contributed by atoms with Gasteiger partial charge in [0, 0.05) is 12.2 Å². The lowest BCUT2D eigenvalue weighted by Crippen LogP contribution is -2.04. The van der Waals surface area contributed by atoms with Gasteiger partial charge >= 0.3 is 0 Å². The van der Waals surface area contributed by atoms with Crippen LogP contribution in [0.5, 0.6) is 0 Å². The fourth-order valence-electron chi connectivity index (χ4n) is 1.29. The Bertz CT molecular complexity index is 435. The van der Waals surface area contributed by atoms with Crippen molar-refractivity contribution in [3.63, 3.8) is 0 Å². The quantitative estimate of drug-likeness (QED) is 0.796. The molecule has 2 aromatic rings. The molecule has 0 atom stereocenters. The van der Waals surface area contributed by atoms with E-state index in [1.807, 2.05) is 7.05 Å². The number of pyridine rings is 1. The standard InChI is InChI=1S/C10H11FN4/c1-12-5-8-6-14-10(15-8)9-3-2-7(11)4-13-9/h2-4,6,12H,5H2,1H3,(H,14,15). The van der Waals surface area contributed by atoms with Crippen LogP contribution in [0.25, 0.3) is 11.5 Å². The lowest BCUT2D eigenvalue weighted by Gasteiger charge is -1.95. The molecular weight excluding hydrogens is 195 g/mol. The molecule has 0 amide bonds. The zero-order chi connectivity index (χ0) is 10.7. The van der Waals surface area contributed by atoms with Gasteiger partial charge in [0.15, 0.2) is 5.82 Å². The van der Waals surface area contributed by atoms with Crippen LogP contribution in [0.2, 0.25) is 0 Å². The Kier molecular flexibility index (Phi) is 2.73. The van der Waals surface area contributed by atoms with E-state index in [-0.39, 0.29) is 5.82 Å². The summed E-state index contributed by atoms with van der Waals surface area (Å²) >= 11 is 0. The van der Waals surface area contributed by atoms with Gasteiger partial charge in [-0.3, -0.25) is 0 Å². The molecule has 5 heteroatoms. The normalized spacial score (nSPS) is 10.5. The van der Waals surface area contributed by atoms with E-state index in [4.69, 9.17) is 0 Å². The molecule has 0 aliphatic heterocycles. The first-order valence-corrected chi connectivity index (χ1v) is 4.60. The molecule has 4 nitrogen and oxygen atoms in total. The molecule has 0 radical (unpaired) electrons. The second-order valence-corrected chi connectivity index (χ2v) is 3.15. The van der Waals surface area contributed by atoms with Crippen molar-refractivity contribution in [2.45, 2.75) is 6.54 Å². The van der Waals surface area contributed by atoms with Crippen LogP contribution in [0, 0.1) is 5.82 Å². The van der Waals surface area contributed by atoms with E-state index in [0.29, 0.717) is 18.1 Å². The molecule has 0 aromatic carbocycles. The largest absolute Gasteiger partial charge is 0.339 e. The van der Waals surface area contributed by atoms with Gasteiger partial charge in [0.1, 0.15) is 11.5 Å². The lowest BCUT2D eigenvalue weighted by molar-refractivity contribution is 0.621. The maximum Gasteiger partial charge on any atom is 0.156 e. The van der Waals surface area contributed by atoms with Gasteiger partial charge in [-0.25, -0.2) is 14.4 Å². The maximum atomic E-state index is 12.6. The first-order valence-electron chi connectivity index (χ1n) is 4.60. The highest BCUT2D eigenvalue weighted by molar-refractivity contribution is 5.48. The molecule has 0 spiro atoms. The van der Waals surface area contributed by atoms with E-state index in [2.05, 4.69) is 20.3 Å². The number of H-pyrrole nitrogens is 1. The van der Waals surface area contributed by atoms with Crippen molar-refractivity contribution in [1.82, 2.24) is 20.3 Å².